The van der Waals surface area contributed by atoms with Gasteiger partial charge in [-0.15, -0.1) is 0 Å². The van der Waals surface area contributed by atoms with E-state index in [0.717, 1.165) is 18.7 Å². The fraction of sp³-hybridized carbons (Fsp3) is 0.562. The van der Waals surface area contributed by atoms with Crippen LogP contribution in [-0.2, 0) is 0 Å². The molecule has 0 spiro atoms. The Morgan fingerprint density at radius 1 is 1.21 bits per heavy atom. The van der Waals surface area contributed by atoms with Gasteiger partial charge in [-0.2, -0.15) is 0 Å². The van der Waals surface area contributed by atoms with Crippen LogP contribution in [0.4, 0.5) is 0 Å². The SMILES string of the molecule is COc1ccc(C)cc1C(=O)CN1CCCCCC1. The van der Waals surface area contributed by atoms with Gasteiger partial charge >= 0.3 is 0 Å². The van der Waals surface area contributed by atoms with Crippen LogP contribution in [0.3, 0.4) is 0 Å². The summed E-state index contributed by atoms with van der Waals surface area (Å²) in [5.74, 6) is 0.855. The third-order valence-electron chi connectivity index (χ3n) is 3.72. The van der Waals surface area contributed by atoms with Crippen LogP contribution in [-0.4, -0.2) is 37.4 Å². The fourth-order valence-electron chi connectivity index (χ4n) is 2.62. The van der Waals surface area contributed by atoms with Crippen molar-refractivity contribution in [1.29, 1.82) is 0 Å². The van der Waals surface area contributed by atoms with Crippen molar-refractivity contribution >= 4 is 5.78 Å². The van der Waals surface area contributed by atoms with Crippen molar-refractivity contribution in [2.45, 2.75) is 32.6 Å². The van der Waals surface area contributed by atoms with Crippen LogP contribution in [0.1, 0.15) is 41.6 Å². The number of likely N-dealkylation sites (tertiary alicyclic amines) is 1. The maximum absolute atomic E-state index is 12.4. The van der Waals surface area contributed by atoms with E-state index < -0.39 is 0 Å². The summed E-state index contributed by atoms with van der Waals surface area (Å²) in [5.41, 5.74) is 1.81. The van der Waals surface area contributed by atoms with Crippen molar-refractivity contribution in [1.82, 2.24) is 4.90 Å². The predicted molar refractivity (Wildman–Crippen MR) is 77.0 cm³/mol. The Morgan fingerprint density at radius 3 is 2.53 bits per heavy atom. The molecule has 0 saturated carbocycles. The second kappa shape index (κ2) is 6.71. The largest absolute Gasteiger partial charge is 0.496 e. The first-order valence-electron chi connectivity index (χ1n) is 7.11. The van der Waals surface area contributed by atoms with Crippen molar-refractivity contribution in [2.24, 2.45) is 0 Å². The summed E-state index contributed by atoms with van der Waals surface area (Å²) in [6.07, 6.45) is 4.99. The first-order chi connectivity index (χ1) is 9.20. The molecular formula is C16H23NO2. The number of ketones is 1. The molecule has 0 unspecified atom stereocenters. The Bertz CT molecular complexity index is 434. The average molecular weight is 261 g/mol. The maximum atomic E-state index is 12.4. The maximum Gasteiger partial charge on any atom is 0.180 e. The van der Waals surface area contributed by atoms with E-state index in [1.807, 2.05) is 25.1 Å². The first-order valence-corrected chi connectivity index (χ1v) is 7.11. The minimum Gasteiger partial charge on any atom is -0.496 e. The van der Waals surface area contributed by atoms with Gasteiger partial charge in [-0.25, -0.2) is 0 Å². The number of nitrogens with zero attached hydrogens (tertiary/aromatic N) is 1. The van der Waals surface area contributed by atoms with Crippen LogP contribution in [0, 0.1) is 6.92 Å². The number of benzene rings is 1. The number of hydrogen-bond donors (Lipinski definition) is 0. The number of ether oxygens (including phenoxy) is 1. The topological polar surface area (TPSA) is 29.5 Å². The number of hydrogen-bond acceptors (Lipinski definition) is 3. The summed E-state index contributed by atoms with van der Waals surface area (Å²) in [6.45, 7) is 4.60. The van der Waals surface area contributed by atoms with Gasteiger partial charge in [0.2, 0.25) is 0 Å². The fourth-order valence-corrected chi connectivity index (χ4v) is 2.62. The van der Waals surface area contributed by atoms with Crippen molar-refractivity contribution < 1.29 is 9.53 Å². The average Bonchev–Trinajstić information content (AvgIpc) is 2.67. The Balaban J connectivity index is 2.08. The lowest BCUT2D eigenvalue weighted by Crippen LogP contribution is -2.31. The van der Waals surface area contributed by atoms with Gasteiger partial charge < -0.3 is 4.74 Å². The Labute approximate surface area is 115 Å². The third-order valence-corrected chi connectivity index (χ3v) is 3.72. The van der Waals surface area contributed by atoms with E-state index in [4.69, 9.17) is 4.74 Å². The smallest absolute Gasteiger partial charge is 0.180 e. The van der Waals surface area contributed by atoms with Crippen LogP contribution in [0.5, 0.6) is 5.75 Å². The molecule has 1 fully saturated rings. The zero-order chi connectivity index (χ0) is 13.7. The van der Waals surface area contributed by atoms with Gasteiger partial charge in [0.1, 0.15) is 5.75 Å². The molecule has 2 rings (SSSR count). The molecule has 0 amide bonds. The van der Waals surface area contributed by atoms with Crippen LogP contribution in [0.25, 0.3) is 0 Å². The number of methoxy groups -OCH3 is 1. The Morgan fingerprint density at radius 2 is 1.89 bits per heavy atom. The summed E-state index contributed by atoms with van der Waals surface area (Å²) < 4.78 is 5.30. The van der Waals surface area contributed by atoms with Crippen LogP contribution < -0.4 is 4.74 Å². The zero-order valence-electron chi connectivity index (χ0n) is 11.9. The molecule has 19 heavy (non-hydrogen) atoms. The molecule has 0 aromatic heterocycles. The minimum absolute atomic E-state index is 0.169. The molecule has 1 aliphatic heterocycles. The van der Waals surface area contributed by atoms with Gasteiger partial charge in [0.15, 0.2) is 5.78 Å². The van der Waals surface area contributed by atoms with E-state index in [2.05, 4.69) is 4.90 Å². The monoisotopic (exact) mass is 261 g/mol. The molecule has 0 radical (unpaired) electrons. The van der Waals surface area contributed by atoms with Crippen molar-refractivity contribution in [3.8, 4) is 5.75 Å². The number of aryl methyl sites for hydroxylation is 1. The first kappa shape index (κ1) is 14.1. The molecule has 1 aromatic carbocycles. The van der Waals surface area contributed by atoms with E-state index >= 15 is 0 Å². The van der Waals surface area contributed by atoms with E-state index in [1.165, 1.54) is 25.7 Å². The number of carbonyl (C=O) groups is 1. The second-order valence-corrected chi connectivity index (χ2v) is 5.32. The van der Waals surface area contributed by atoms with Gasteiger partial charge in [-0.1, -0.05) is 24.5 Å². The highest BCUT2D eigenvalue weighted by Gasteiger charge is 2.17. The lowest BCUT2D eigenvalue weighted by atomic mass is 10.1. The van der Waals surface area contributed by atoms with Crippen molar-refractivity contribution in [2.75, 3.05) is 26.7 Å². The summed E-state index contributed by atoms with van der Waals surface area (Å²) in [5, 5.41) is 0. The standard InChI is InChI=1S/C16H23NO2/c1-13-7-8-16(19-2)14(11-13)15(18)12-17-9-5-3-4-6-10-17/h7-8,11H,3-6,9-10,12H2,1-2H3. The molecule has 1 saturated heterocycles. The van der Waals surface area contributed by atoms with Crippen molar-refractivity contribution in [3.05, 3.63) is 29.3 Å². The van der Waals surface area contributed by atoms with Gasteiger partial charge in [-0.05, 0) is 45.0 Å². The summed E-state index contributed by atoms with van der Waals surface area (Å²) >= 11 is 0. The molecule has 0 aliphatic carbocycles. The molecule has 0 bridgehead atoms. The Hall–Kier alpha value is -1.35. The van der Waals surface area contributed by atoms with E-state index in [9.17, 15) is 4.79 Å². The minimum atomic E-state index is 0.169. The molecule has 0 atom stereocenters. The summed E-state index contributed by atoms with van der Waals surface area (Å²) in [6, 6.07) is 5.78. The lowest BCUT2D eigenvalue weighted by Gasteiger charge is -2.19. The molecule has 1 aliphatic rings. The predicted octanol–water partition coefficient (Wildman–Crippen LogP) is 3.06. The highest BCUT2D eigenvalue weighted by atomic mass is 16.5. The normalized spacial score (nSPS) is 16.9. The zero-order valence-corrected chi connectivity index (χ0v) is 11.9. The molecule has 3 nitrogen and oxygen atoms in total. The molecule has 104 valence electrons. The lowest BCUT2D eigenvalue weighted by molar-refractivity contribution is 0.0930. The van der Waals surface area contributed by atoms with Crippen molar-refractivity contribution in [3.63, 3.8) is 0 Å². The van der Waals surface area contributed by atoms with Gasteiger partial charge in [0, 0.05) is 0 Å². The van der Waals surface area contributed by atoms with E-state index in [-0.39, 0.29) is 5.78 Å². The number of carbonyl (C=O) groups excluding carboxylic acids is 1. The van der Waals surface area contributed by atoms with E-state index in [0.29, 0.717) is 17.9 Å². The highest BCUT2D eigenvalue weighted by Crippen LogP contribution is 2.21. The van der Waals surface area contributed by atoms with Gasteiger partial charge in [0.05, 0.1) is 19.2 Å². The number of rotatable bonds is 4. The molecule has 0 N–H and O–H groups in total. The molecule has 1 heterocycles. The second-order valence-electron chi connectivity index (χ2n) is 5.32. The quantitative estimate of drug-likeness (QED) is 0.780. The molecule has 3 heteroatoms. The van der Waals surface area contributed by atoms with Crippen LogP contribution in [0.15, 0.2) is 18.2 Å². The molecular weight excluding hydrogens is 238 g/mol. The highest BCUT2D eigenvalue weighted by molar-refractivity contribution is 6.00. The van der Waals surface area contributed by atoms with Crippen LogP contribution in [0.2, 0.25) is 0 Å². The molecule has 1 aromatic rings. The Kier molecular flexibility index (Phi) is 4.97. The van der Waals surface area contributed by atoms with Crippen LogP contribution >= 0.6 is 0 Å². The summed E-state index contributed by atoms with van der Waals surface area (Å²) in [4.78, 5) is 14.7. The number of Topliss-reactive ketones (excluding diaryl/α,β-unsaturated/α-hetero) is 1. The third kappa shape index (κ3) is 3.80. The van der Waals surface area contributed by atoms with Gasteiger partial charge in [0.25, 0.3) is 0 Å². The van der Waals surface area contributed by atoms with E-state index in [1.54, 1.807) is 7.11 Å². The van der Waals surface area contributed by atoms with Gasteiger partial charge in [-0.3, -0.25) is 9.69 Å². The summed E-state index contributed by atoms with van der Waals surface area (Å²) in [7, 11) is 1.62.